The van der Waals surface area contributed by atoms with Gasteiger partial charge in [0.1, 0.15) is 5.82 Å². The summed E-state index contributed by atoms with van der Waals surface area (Å²) >= 11 is 0. The number of carbonyl (C=O) groups excluding carboxylic acids is 1. The highest BCUT2D eigenvalue weighted by Gasteiger charge is 2.28. The second-order valence-electron chi connectivity index (χ2n) is 6.61. The minimum atomic E-state index is -1.00. The molecule has 24 heavy (non-hydrogen) atoms. The van der Waals surface area contributed by atoms with Crippen LogP contribution in [0.4, 0.5) is 4.39 Å². The monoisotopic (exact) mass is 336 g/mol. The van der Waals surface area contributed by atoms with Crippen molar-refractivity contribution in [1.29, 1.82) is 0 Å². The molecule has 1 heterocycles. The summed E-state index contributed by atoms with van der Waals surface area (Å²) in [4.78, 5) is 25.9. The molecule has 0 aliphatic carbocycles. The second-order valence-corrected chi connectivity index (χ2v) is 6.61. The number of hydrogen-bond acceptors (Lipinski definition) is 3. The zero-order chi connectivity index (χ0) is 17.7. The number of carboxylic acids is 1. The van der Waals surface area contributed by atoms with Crippen molar-refractivity contribution < 1.29 is 19.1 Å². The van der Waals surface area contributed by atoms with Crippen LogP contribution < -0.4 is 5.32 Å². The molecular weight excluding hydrogens is 311 g/mol. The number of carboxylic acid groups (broad SMARTS) is 1. The van der Waals surface area contributed by atoms with Crippen LogP contribution >= 0.6 is 0 Å². The van der Waals surface area contributed by atoms with Gasteiger partial charge in [-0.1, -0.05) is 12.1 Å². The highest BCUT2D eigenvalue weighted by molar-refractivity contribution is 5.80. The van der Waals surface area contributed by atoms with E-state index in [0.29, 0.717) is 11.6 Å². The summed E-state index contributed by atoms with van der Waals surface area (Å²) < 4.78 is 13.1. The smallest absolute Gasteiger partial charge is 0.305 e. The summed E-state index contributed by atoms with van der Waals surface area (Å²) in [5, 5.41) is 11.9. The standard InChI is InChI=1S/C18H25FN2O3/c1-12(2)21-9-7-14(8-10-21)18(24)20-16(11-17(22)23)13-3-5-15(19)6-4-13/h3-6,12,14,16H,7-11H2,1-2H3,(H,20,24)(H,22,23). The molecule has 1 amide bonds. The van der Waals surface area contributed by atoms with Crippen LogP contribution in [0.15, 0.2) is 24.3 Å². The first-order valence-electron chi connectivity index (χ1n) is 8.38. The molecule has 6 heteroatoms. The van der Waals surface area contributed by atoms with Gasteiger partial charge in [-0.05, 0) is 57.5 Å². The topological polar surface area (TPSA) is 69.6 Å². The first-order chi connectivity index (χ1) is 11.4. The van der Waals surface area contributed by atoms with E-state index in [9.17, 15) is 14.0 Å². The number of halogens is 1. The van der Waals surface area contributed by atoms with Crippen molar-refractivity contribution in [2.75, 3.05) is 13.1 Å². The van der Waals surface area contributed by atoms with Crippen LogP contribution in [0, 0.1) is 11.7 Å². The summed E-state index contributed by atoms with van der Waals surface area (Å²) in [5.41, 5.74) is 0.603. The van der Waals surface area contributed by atoms with Gasteiger partial charge in [-0.3, -0.25) is 9.59 Å². The summed E-state index contributed by atoms with van der Waals surface area (Å²) in [6.07, 6.45) is 1.32. The first kappa shape index (κ1) is 18.4. The lowest BCUT2D eigenvalue weighted by Gasteiger charge is -2.34. The Hall–Kier alpha value is -1.95. The fourth-order valence-electron chi connectivity index (χ4n) is 3.09. The van der Waals surface area contributed by atoms with Gasteiger partial charge in [0, 0.05) is 12.0 Å². The molecule has 5 nitrogen and oxygen atoms in total. The van der Waals surface area contributed by atoms with E-state index in [0.717, 1.165) is 25.9 Å². The molecule has 2 N–H and O–H groups in total. The van der Waals surface area contributed by atoms with E-state index in [2.05, 4.69) is 24.1 Å². The van der Waals surface area contributed by atoms with E-state index in [1.54, 1.807) is 0 Å². The molecule has 1 saturated heterocycles. The Kier molecular flexibility index (Phi) is 6.31. The van der Waals surface area contributed by atoms with Crippen molar-refractivity contribution in [3.8, 4) is 0 Å². The van der Waals surface area contributed by atoms with Gasteiger partial charge < -0.3 is 15.3 Å². The Labute approximate surface area is 141 Å². The maximum Gasteiger partial charge on any atom is 0.305 e. The Morgan fingerprint density at radius 2 is 1.83 bits per heavy atom. The van der Waals surface area contributed by atoms with E-state index < -0.39 is 12.0 Å². The molecule has 0 radical (unpaired) electrons. The number of nitrogens with zero attached hydrogens (tertiary/aromatic N) is 1. The van der Waals surface area contributed by atoms with Gasteiger partial charge in [-0.25, -0.2) is 4.39 Å². The summed E-state index contributed by atoms with van der Waals surface area (Å²) in [5.74, 6) is -1.61. The summed E-state index contributed by atoms with van der Waals surface area (Å²) in [7, 11) is 0. The van der Waals surface area contributed by atoms with Crippen molar-refractivity contribution in [3.63, 3.8) is 0 Å². The van der Waals surface area contributed by atoms with Crippen LogP contribution in [-0.2, 0) is 9.59 Å². The molecule has 0 aromatic heterocycles. The quantitative estimate of drug-likeness (QED) is 0.838. The van der Waals surface area contributed by atoms with Crippen LogP contribution in [0.25, 0.3) is 0 Å². The number of piperidine rings is 1. The van der Waals surface area contributed by atoms with Gasteiger partial charge in [0.05, 0.1) is 12.5 Å². The van der Waals surface area contributed by atoms with Gasteiger partial charge >= 0.3 is 5.97 Å². The summed E-state index contributed by atoms with van der Waals surface area (Å²) in [6.45, 7) is 6.02. The zero-order valence-electron chi connectivity index (χ0n) is 14.2. The van der Waals surface area contributed by atoms with Gasteiger partial charge in [-0.15, -0.1) is 0 Å². The number of likely N-dealkylation sites (tertiary alicyclic amines) is 1. The Bertz CT molecular complexity index is 566. The Morgan fingerprint density at radius 1 is 1.25 bits per heavy atom. The minimum absolute atomic E-state index is 0.100. The Balaban J connectivity index is 2.00. The van der Waals surface area contributed by atoms with Gasteiger partial charge in [-0.2, -0.15) is 0 Å². The largest absolute Gasteiger partial charge is 0.481 e. The van der Waals surface area contributed by atoms with E-state index in [4.69, 9.17) is 5.11 Å². The zero-order valence-corrected chi connectivity index (χ0v) is 14.2. The third-order valence-corrected chi connectivity index (χ3v) is 4.60. The van der Waals surface area contributed by atoms with E-state index in [1.807, 2.05) is 0 Å². The minimum Gasteiger partial charge on any atom is -0.481 e. The SMILES string of the molecule is CC(C)N1CCC(C(=O)NC(CC(=O)O)c2ccc(F)cc2)CC1. The second kappa shape index (κ2) is 8.24. The molecule has 2 rings (SSSR count). The van der Waals surface area contributed by atoms with Crippen LogP contribution in [-0.4, -0.2) is 41.0 Å². The number of hydrogen-bond donors (Lipinski definition) is 2. The number of rotatable bonds is 6. The molecule has 1 unspecified atom stereocenters. The number of aliphatic carboxylic acids is 1. The van der Waals surface area contributed by atoms with Gasteiger partial charge in [0.25, 0.3) is 0 Å². The molecule has 1 fully saturated rings. The lowest BCUT2D eigenvalue weighted by atomic mass is 9.94. The highest BCUT2D eigenvalue weighted by atomic mass is 19.1. The maximum atomic E-state index is 13.1. The fraction of sp³-hybridized carbons (Fsp3) is 0.556. The van der Waals surface area contributed by atoms with Crippen molar-refractivity contribution in [2.24, 2.45) is 5.92 Å². The van der Waals surface area contributed by atoms with Crippen molar-refractivity contribution in [3.05, 3.63) is 35.6 Å². The van der Waals surface area contributed by atoms with Gasteiger partial charge in [0.2, 0.25) is 5.91 Å². The third kappa shape index (κ3) is 5.03. The first-order valence-corrected chi connectivity index (χ1v) is 8.38. The number of amides is 1. The van der Waals surface area contributed by atoms with Crippen molar-refractivity contribution >= 4 is 11.9 Å². The Morgan fingerprint density at radius 3 is 2.33 bits per heavy atom. The normalized spacial score (nSPS) is 17.7. The van der Waals surface area contributed by atoms with E-state index in [-0.39, 0.29) is 24.1 Å². The molecule has 132 valence electrons. The van der Waals surface area contributed by atoms with E-state index >= 15 is 0 Å². The number of carbonyl (C=O) groups is 2. The molecule has 0 spiro atoms. The molecule has 1 aromatic carbocycles. The van der Waals surface area contributed by atoms with Crippen molar-refractivity contribution in [1.82, 2.24) is 10.2 Å². The van der Waals surface area contributed by atoms with Crippen LogP contribution in [0.2, 0.25) is 0 Å². The summed E-state index contributed by atoms with van der Waals surface area (Å²) in [6, 6.07) is 5.41. The van der Waals surface area contributed by atoms with Crippen molar-refractivity contribution in [2.45, 2.75) is 45.2 Å². The average Bonchev–Trinajstić information content (AvgIpc) is 2.54. The predicted octanol–water partition coefficient (Wildman–Crippen LogP) is 2.58. The highest BCUT2D eigenvalue weighted by Crippen LogP contribution is 2.22. The van der Waals surface area contributed by atoms with Crippen LogP contribution in [0.3, 0.4) is 0 Å². The third-order valence-electron chi connectivity index (χ3n) is 4.60. The predicted molar refractivity (Wildman–Crippen MR) is 89.0 cm³/mol. The maximum absolute atomic E-state index is 13.1. The molecule has 1 aliphatic heterocycles. The molecule has 0 bridgehead atoms. The molecule has 0 saturated carbocycles. The number of nitrogens with one attached hydrogen (secondary N) is 1. The van der Waals surface area contributed by atoms with Gasteiger partial charge in [0.15, 0.2) is 0 Å². The lowest BCUT2D eigenvalue weighted by Crippen LogP contribution is -2.44. The lowest BCUT2D eigenvalue weighted by molar-refractivity contribution is -0.138. The number of benzene rings is 1. The fourth-order valence-corrected chi connectivity index (χ4v) is 3.09. The van der Waals surface area contributed by atoms with E-state index in [1.165, 1.54) is 24.3 Å². The molecule has 1 aliphatic rings. The van der Waals surface area contributed by atoms with Crippen LogP contribution in [0.1, 0.15) is 44.7 Å². The molecule has 1 atom stereocenters. The average molecular weight is 336 g/mol. The van der Waals surface area contributed by atoms with Crippen LogP contribution in [0.5, 0.6) is 0 Å². The molecular formula is C18H25FN2O3. The molecule has 1 aromatic rings.